The molecule has 0 aliphatic heterocycles. The van der Waals surface area contributed by atoms with Gasteiger partial charge in [-0.3, -0.25) is 9.78 Å². The molecule has 0 saturated heterocycles. The standard InChI is InChI=1S/C9H12N2O.C2H6/c1-7(12)9(10)5-8-3-2-4-11-6-8;1-2/h2-4,6,9H,5,10H2,1H3;1-2H3/t9-;/m1./s1. The summed E-state index contributed by atoms with van der Waals surface area (Å²) in [6.45, 7) is 5.50. The number of nitrogens with two attached hydrogens (primary N) is 1. The maximum absolute atomic E-state index is 10.8. The third-order valence-corrected chi connectivity index (χ3v) is 1.70. The lowest BCUT2D eigenvalue weighted by atomic mass is 10.1. The maximum atomic E-state index is 10.8. The quantitative estimate of drug-likeness (QED) is 0.794. The number of carbonyl (C=O) groups is 1. The van der Waals surface area contributed by atoms with Crippen LogP contribution in [0, 0.1) is 0 Å². The minimum atomic E-state index is -0.394. The molecule has 0 aromatic carbocycles. The van der Waals surface area contributed by atoms with Gasteiger partial charge in [-0.2, -0.15) is 0 Å². The third-order valence-electron chi connectivity index (χ3n) is 1.70. The van der Waals surface area contributed by atoms with Crippen molar-refractivity contribution in [2.24, 2.45) is 5.73 Å². The van der Waals surface area contributed by atoms with E-state index in [2.05, 4.69) is 4.98 Å². The first kappa shape index (κ1) is 12.8. The summed E-state index contributed by atoms with van der Waals surface area (Å²) >= 11 is 0. The number of hydrogen-bond acceptors (Lipinski definition) is 3. The van der Waals surface area contributed by atoms with E-state index in [1.54, 1.807) is 12.4 Å². The van der Waals surface area contributed by atoms with E-state index < -0.39 is 6.04 Å². The predicted molar refractivity (Wildman–Crippen MR) is 57.9 cm³/mol. The van der Waals surface area contributed by atoms with Crippen LogP contribution in [0.4, 0.5) is 0 Å². The van der Waals surface area contributed by atoms with Gasteiger partial charge in [0.15, 0.2) is 0 Å². The Morgan fingerprint density at radius 1 is 1.57 bits per heavy atom. The molecule has 1 atom stereocenters. The highest BCUT2D eigenvalue weighted by atomic mass is 16.1. The molecule has 1 aromatic rings. The summed E-state index contributed by atoms with van der Waals surface area (Å²) in [5, 5.41) is 0. The zero-order valence-corrected chi connectivity index (χ0v) is 9.03. The molecule has 3 nitrogen and oxygen atoms in total. The second-order valence-electron chi connectivity index (χ2n) is 2.78. The summed E-state index contributed by atoms with van der Waals surface area (Å²) in [7, 11) is 0. The van der Waals surface area contributed by atoms with E-state index in [4.69, 9.17) is 5.73 Å². The largest absolute Gasteiger partial charge is 0.321 e. The van der Waals surface area contributed by atoms with Crippen molar-refractivity contribution < 1.29 is 4.79 Å². The zero-order chi connectivity index (χ0) is 11.0. The predicted octanol–water partition coefficient (Wildman–Crippen LogP) is 1.57. The first-order chi connectivity index (χ1) is 6.70. The van der Waals surface area contributed by atoms with Crippen LogP contribution < -0.4 is 5.73 Å². The van der Waals surface area contributed by atoms with Crippen LogP contribution in [0.2, 0.25) is 0 Å². The highest BCUT2D eigenvalue weighted by molar-refractivity contribution is 5.81. The lowest BCUT2D eigenvalue weighted by molar-refractivity contribution is -0.118. The van der Waals surface area contributed by atoms with E-state index in [9.17, 15) is 4.79 Å². The van der Waals surface area contributed by atoms with Gasteiger partial charge in [0.2, 0.25) is 0 Å². The molecule has 0 spiro atoms. The van der Waals surface area contributed by atoms with Crippen molar-refractivity contribution in [3.05, 3.63) is 30.1 Å². The second kappa shape index (κ2) is 7.21. The van der Waals surface area contributed by atoms with Crippen molar-refractivity contribution in [3.8, 4) is 0 Å². The van der Waals surface area contributed by atoms with E-state index in [0.717, 1.165) is 5.56 Å². The van der Waals surface area contributed by atoms with E-state index in [1.165, 1.54) is 6.92 Å². The van der Waals surface area contributed by atoms with E-state index in [0.29, 0.717) is 6.42 Å². The molecule has 0 radical (unpaired) electrons. The first-order valence-electron chi connectivity index (χ1n) is 4.85. The van der Waals surface area contributed by atoms with Crippen LogP contribution in [0.25, 0.3) is 0 Å². The Kier molecular flexibility index (Phi) is 6.58. The van der Waals surface area contributed by atoms with Gasteiger partial charge >= 0.3 is 0 Å². The van der Waals surface area contributed by atoms with Crippen molar-refractivity contribution in [3.63, 3.8) is 0 Å². The fraction of sp³-hybridized carbons (Fsp3) is 0.455. The number of aromatic nitrogens is 1. The van der Waals surface area contributed by atoms with E-state index in [1.807, 2.05) is 26.0 Å². The second-order valence-corrected chi connectivity index (χ2v) is 2.78. The lowest BCUT2D eigenvalue weighted by Gasteiger charge is -2.05. The molecule has 1 heterocycles. The van der Waals surface area contributed by atoms with E-state index in [-0.39, 0.29) is 5.78 Å². The number of carbonyl (C=O) groups excluding carboxylic acids is 1. The molecule has 78 valence electrons. The summed E-state index contributed by atoms with van der Waals surface area (Å²) in [5.74, 6) is 0.0128. The molecule has 3 heteroatoms. The molecule has 0 aliphatic rings. The number of ketones is 1. The summed E-state index contributed by atoms with van der Waals surface area (Å²) < 4.78 is 0. The van der Waals surface area contributed by atoms with Crippen molar-refractivity contribution in [1.29, 1.82) is 0 Å². The number of hydrogen-bond donors (Lipinski definition) is 1. The monoisotopic (exact) mass is 194 g/mol. The zero-order valence-electron chi connectivity index (χ0n) is 9.03. The van der Waals surface area contributed by atoms with Gasteiger partial charge in [-0.1, -0.05) is 19.9 Å². The van der Waals surface area contributed by atoms with Gasteiger partial charge in [-0.25, -0.2) is 0 Å². The molecule has 0 bridgehead atoms. The first-order valence-corrected chi connectivity index (χ1v) is 4.85. The Labute approximate surface area is 85.3 Å². The fourth-order valence-electron chi connectivity index (χ4n) is 0.917. The van der Waals surface area contributed by atoms with Crippen LogP contribution in [-0.4, -0.2) is 16.8 Å². The molecular weight excluding hydrogens is 176 g/mol. The maximum Gasteiger partial charge on any atom is 0.146 e. The Morgan fingerprint density at radius 3 is 2.64 bits per heavy atom. The highest BCUT2D eigenvalue weighted by Crippen LogP contribution is 1.99. The van der Waals surface area contributed by atoms with Crippen LogP contribution in [0.5, 0.6) is 0 Å². The summed E-state index contributed by atoms with van der Waals surface area (Å²) in [5.41, 5.74) is 6.57. The highest BCUT2D eigenvalue weighted by Gasteiger charge is 2.07. The summed E-state index contributed by atoms with van der Waals surface area (Å²) in [6, 6.07) is 3.35. The SMILES string of the molecule is CC.CC(=O)[C@H](N)Cc1cccnc1. The van der Waals surface area contributed by atoms with Gasteiger partial charge in [-0.05, 0) is 25.0 Å². The molecular formula is C11H18N2O. The van der Waals surface area contributed by atoms with Crippen molar-refractivity contribution >= 4 is 5.78 Å². The van der Waals surface area contributed by atoms with Gasteiger partial charge in [0.25, 0.3) is 0 Å². The minimum absolute atomic E-state index is 0.0128. The van der Waals surface area contributed by atoms with Crippen LogP contribution in [0.1, 0.15) is 26.3 Å². The van der Waals surface area contributed by atoms with Gasteiger partial charge in [0.05, 0.1) is 6.04 Å². The minimum Gasteiger partial charge on any atom is -0.321 e. The summed E-state index contributed by atoms with van der Waals surface area (Å²) in [6.07, 6.45) is 3.99. The number of pyridine rings is 1. The molecule has 0 fully saturated rings. The Hall–Kier alpha value is -1.22. The van der Waals surface area contributed by atoms with Crippen LogP contribution in [0.3, 0.4) is 0 Å². The normalized spacial score (nSPS) is 11.1. The molecule has 14 heavy (non-hydrogen) atoms. The molecule has 1 aromatic heterocycles. The number of Topliss-reactive ketones (excluding diaryl/α,β-unsaturated/α-hetero) is 1. The third kappa shape index (κ3) is 4.72. The number of rotatable bonds is 3. The topological polar surface area (TPSA) is 56.0 Å². The molecule has 0 saturated carbocycles. The Balaban J connectivity index is 0.000000791. The van der Waals surface area contributed by atoms with Crippen LogP contribution >= 0.6 is 0 Å². The van der Waals surface area contributed by atoms with Gasteiger partial charge in [0.1, 0.15) is 5.78 Å². The van der Waals surface area contributed by atoms with Crippen LogP contribution in [0.15, 0.2) is 24.5 Å². The Bertz CT molecular complexity index is 259. The average molecular weight is 194 g/mol. The molecule has 0 amide bonds. The van der Waals surface area contributed by atoms with Crippen LogP contribution in [-0.2, 0) is 11.2 Å². The molecule has 0 unspecified atom stereocenters. The van der Waals surface area contributed by atoms with Gasteiger partial charge < -0.3 is 5.73 Å². The molecule has 2 N–H and O–H groups in total. The number of nitrogens with zero attached hydrogens (tertiary/aromatic N) is 1. The smallest absolute Gasteiger partial charge is 0.146 e. The van der Waals surface area contributed by atoms with Gasteiger partial charge in [0, 0.05) is 12.4 Å². The van der Waals surface area contributed by atoms with Crippen molar-refractivity contribution in [2.75, 3.05) is 0 Å². The van der Waals surface area contributed by atoms with Crippen molar-refractivity contribution in [2.45, 2.75) is 33.2 Å². The Morgan fingerprint density at radius 2 is 2.21 bits per heavy atom. The van der Waals surface area contributed by atoms with E-state index >= 15 is 0 Å². The fourth-order valence-corrected chi connectivity index (χ4v) is 0.917. The van der Waals surface area contributed by atoms with Gasteiger partial charge in [-0.15, -0.1) is 0 Å². The molecule has 0 aliphatic carbocycles. The van der Waals surface area contributed by atoms with Crippen molar-refractivity contribution in [1.82, 2.24) is 4.98 Å². The summed E-state index contributed by atoms with van der Waals surface area (Å²) in [4.78, 5) is 14.7. The lowest BCUT2D eigenvalue weighted by Crippen LogP contribution is -2.30. The molecule has 1 rings (SSSR count). The average Bonchev–Trinajstić information content (AvgIpc) is 2.22.